The summed E-state index contributed by atoms with van der Waals surface area (Å²) in [5, 5.41) is 22.4. The molecule has 0 heterocycles. The van der Waals surface area contributed by atoms with Gasteiger partial charge < -0.3 is 10.4 Å². The molecule has 4 heteroatoms. The van der Waals surface area contributed by atoms with Gasteiger partial charge in [-0.15, -0.1) is 0 Å². The van der Waals surface area contributed by atoms with E-state index in [1.165, 1.54) is 0 Å². The topological polar surface area (TPSA) is 56.0 Å². The zero-order valence-corrected chi connectivity index (χ0v) is 11.0. The third-order valence-electron chi connectivity index (χ3n) is 2.60. The van der Waals surface area contributed by atoms with Crippen LogP contribution in [0.25, 0.3) is 0 Å². The molecule has 0 aliphatic carbocycles. The molecular weight excluding hydrogens is 232 g/mol. The molecule has 0 fully saturated rings. The largest absolute Gasteiger partial charge is 0.387 e. The fourth-order valence-corrected chi connectivity index (χ4v) is 1.69. The van der Waals surface area contributed by atoms with Gasteiger partial charge in [-0.1, -0.05) is 19.1 Å². The number of nitriles is 1. The lowest BCUT2D eigenvalue weighted by Crippen LogP contribution is -2.27. The number of nitrogens with one attached hydrogen (secondary N) is 1. The van der Waals surface area contributed by atoms with Gasteiger partial charge in [-0.25, -0.2) is 0 Å². The van der Waals surface area contributed by atoms with E-state index in [-0.39, 0.29) is 0 Å². The number of hydrogen-bond donors (Lipinski definition) is 2. The van der Waals surface area contributed by atoms with Crippen molar-refractivity contribution in [3.63, 3.8) is 0 Å². The van der Waals surface area contributed by atoms with E-state index in [0.717, 1.165) is 12.1 Å². The van der Waals surface area contributed by atoms with Crippen LogP contribution >= 0.6 is 11.8 Å². The van der Waals surface area contributed by atoms with Gasteiger partial charge in [0.2, 0.25) is 0 Å². The third kappa shape index (κ3) is 4.78. The van der Waals surface area contributed by atoms with E-state index in [1.807, 2.05) is 0 Å². The Morgan fingerprint density at radius 1 is 1.35 bits per heavy atom. The SMILES string of the molecule is CSC(C)CNCC(O)c1ccc(C#N)cc1. The van der Waals surface area contributed by atoms with Crippen molar-refractivity contribution < 1.29 is 5.11 Å². The van der Waals surface area contributed by atoms with Crippen molar-refractivity contribution in [1.29, 1.82) is 5.26 Å². The number of nitrogens with zero attached hydrogens (tertiary/aromatic N) is 1. The van der Waals surface area contributed by atoms with Crippen LogP contribution in [0.15, 0.2) is 24.3 Å². The lowest BCUT2D eigenvalue weighted by atomic mass is 10.1. The third-order valence-corrected chi connectivity index (χ3v) is 3.57. The van der Waals surface area contributed by atoms with Crippen LogP contribution < -0.4 is 5.32 Å². The summed E-state index contributed by atoms with van der Waals surface area (Å²) >= 11 is 1.80. The molecule has 0 amide bonds. The maximum absolute atomic E-state index is 9.92. The van der Waals surface area contributed by atoms with E-state index >= 15 is 0 Å². The average Bonchev–Trinajstić information content (AvgIpc) is 2.38. The van der Waals surface area contributed by atoms with E-state index in [1.54, 1.807) is 36.0 Å². The molecular formula is C13H18N2OS. The normalized spacial score (nSPS) is 14.0. The van der Waals surface area contributed by atoms with Gasteiger partial charge in [0.1, 0.15) is 0 Å². The van der Waals surface area contributed by atoms with E-state index in [2.05, 4.69) is 24.6 Å². The molecule has 2 unspecified atom stereocenters. The van der Waals surface area contributed by atoms with Gasteiger partial charge in [0.25, 0.3) is 0 Å². The molecule has 0 saturated carbocycles. The van der Waals surface area contributed by atoms with Gasteiger partial charge >= 0.3 is 0 Å². The molecule has 0 bridgehead atoms. The molecule has 1 aromatic carbocycles. The molecule has 92 valence electrons. The average molecular weight is 250 g/mol. The minimum Gasteiger partial charge on any atom is -0.387 e. The molecule has 17 heavy (non-hydrogen) atoms. The maximum atomic E-state index is 9.92. The van der Waals surface area contributed by atoms with Crippen LogP contribution in [-0.2, 0) is 0 Å². The molecule has 2 atom stereocenters. The van der Waals surface area contributed by atoms with E-state index in [0.29, 0.717) is 17.4 Å². The smallest absolute Gasteiger partial charge is 0.0991 e. The molecule has 0 saturated heterocycles. The molecule has 0 aliphatic rings. The molecule has 3 nitrogen and oxygen atoms in total. The van der Waals surface area contributed by atoms with Crippen LogP contribution in [0, 0.1) is 11.3 Å². The van der Waals surface area contributed by atoms with Gasteiger partial charge in [-0.2, -0.15) is 17.0 Å². The van der Waals surface area contributed by atoms with Gasteiger partial charge in [0, 0.05) is 18.3 Å². The van der Waals surface area contributed by atoms with E-state index in [9.17, 15) is 5.11 Å². The van der Waals surface area contributed by atoms with Gasteiger partial charge in [-0.05, 0) is 24.0 Å². The molecule has 0 radical (unpaired) electrons. The number of benzene rings is 1. The highest BCUT2D eigenvalue weighted by Gasteiger charge is 2.07. The van der Waals surface area contributed by atoms with Gasteiger partial charge in [-0.3, -0.25) is 0 Å². The monoisotopic (exact) mass is 250 g/mol. The van der Waals surface area contributed by atoms with Crippen molar-refractivity contribution in [2.45, 2.75) is 18.3 Å². The summed E-state index contributed by atoms with van der Waals surface area (Å²) in [6, 6.07) is 9.10. The van der Waals surface area contributed by atoms with Crippen LogP contribution in [0.2, 0.25) is 0 Å². The quantitative estimate of drug-likeness (QED) is 0.810. The Hall–Kier alpha value is -1.02. The second-order valence-electron chi connectivity index (χ2n) is 3.95. The first-order valence-corrected chi connectivity index (χ1v) is 6.87. The second kappa shape index (κ2) is 7.33. The summed E-state index contributed by atoms with van der Waals surface area (Å²) in [6.07, 6.45) is 1.56. The molecule has 1 aromatic rings. The number of aliphatic hydroxyl groups is 1. The Kier molecular flexibility index (Phi) is 6.06. The van der Waals surface area contributed by atoms with E-state index < -0.39 is 6.10 Å². The summed E-state index contributed by atoms with van der Waals surface area (Å²) in [6.45, 7) is 3.57. The van der Waals surface area contributed by atoms with Crippen LogP contribution in [-0.4, -0.2) is 29.7 Å². The second-order valence-corrected chi connectivity index (χ2v) is 5.23. The molecule has 0 aliphatic heterocycles. The Morgan fingerprint density at radius 3 is 2.53 bits per heavy atom. The highest BCUT2D eigenvalue weighted by Crippen LogP contribution is 2.13. The summed E-state index contributed by atoms with van der Waals surface area (Å²) in [5.41, 5.74) is 1.46. The Morgan fingerprint density at radius 2 is 2.00 bits per heavy atom. The summed E-state index contributed by atoms with van der Waals surface area (Å²) < 4.78 is 0. The van der Waals surface area contributed by atoms with Crippen LogP contribution in [0.4, 0.5) is 0 Å². The molecule has 0 spiro atoms. The first kappa shape index (κ1) is 14.0. The summed E-state index contributed by atoms with van der Waals surface area (Å²) in [5.74, 6) is 0. The fraction of sp³-hybridized carbons (Fsp3) is 0.462. The number of aliphatic hydroxyl groups excluding tert-OH is 1. The van der Waals surface area contributed by atoms with Crippen LogP contribution in [0.5, 0.6) is 0 Å². The van der Waals surface area contributed by atoms with Crippen molar-refractivity contribution in [3.05, 3.63) is 35.4 Å². The maximum Gasteiger partial charge on any atom is 0.0991 e. The zero-order chi connectivity index (χ0) is 12.7. The van der Waals surface area contributed by atoms with Crippen molar-refractivity contribution in [1.82, 2.24) is 5.32 Å². The standard InChI is InChI=1S/C13H18N2OS/c1-10(17-2)8-15-9-13(16)12-5-3-11(7-14)4-6-12/h3-6,10,13,15-16H,8-9H2,1-2H3. The minimum atomic E-state index is -0.517. The van der Waals surface area contributed by atoms with Gasteiger partial charge in [0.15, 0.2) is 0 Å². The number of thioether (sulfide) groups is 1. The van der Waals surface area contributed by atoms with Crippen LogP contribution in [0.1, 0.15) is 24.2 Å². The first-order chi connectivity index (χ1) is 8.17. The van der Waals surface area contributed by atoms with Crippen LogP contribution in [0.3, 0.4) is 0 Å². The van der Waals surface area contributed by atoms with Crippen molar-refractivity contribution in [2.75, 3.05) is 19.3 Å². The highest BCUT2D eigenvalue weighted by molar-refractivity contribution is 7.99. The molecule has 0 aromatic heterocycles. The van der Waals surface area contributed by atoms with Gasteiger partial charge in [0.05, 0.1) is 17.7 Å². The predicted molar refractivity (Wildman–Crippen MR) is 72.0 cm³/mol. The highest BCUT2D eigenvalue weighted by atomic mass is 32.2. The summed E-state index contributed by atoms with van der Waals surface area (Å²) in [4.78, 5) is 0. The van der Waals surface area contributed by atoms with E-state index in [4.69, 9.17) is 5.26 Å². The predicted octanol–water partition coefficient (Wildman–Crippen LogP) is 1.93. The lowest BCUT2D eigenvalue weighted by Gasteiger charge is -2.14. The zero-order valence-electron chi connectivity index (χ0n) is 10.2. The van der Waals surface area contributed by atoms with Crippen molar-refractivity contribution >= 4 is 11.8 Å². The Bertz CT molecular complexity index is 372. The molecule has 1 rings (SSSR count). The first-order valence-electron chi connectivity index (χ1n) is 5.59. The number of hydrogen-bond acceptors (Lipinski definition) is 4. The summed E-state index contributed by atoms with van der Waals surface area (Å²) in [7, 11) is 0. The lowest BCUT2D eigenvalue weighted by molar-refractivity contribution is 0.175. The Balaban J connectivity index is 2.41. The van der Waals surface area contributed by atoms with Crippen molar-refractivity contribution in [2.24, 2.45) is 0 Å². The fourth-order valence-electron chi connectivity index (χ4n) is 1.40. The van der Waals surface area contributed by atoms with Crippen molar-refractivity contribution in [3.8, 4) is 6.07 Å². The molecule has 2 N–H and O–H groups in total. The Labute approximate surface area is 107 Å². The minimum absolute atomic E-state index is 0.517. The number of rotatable bonds is 6.